The smallest absolute Gasteiger partial charge is 0.872 e. The molecule has 0 bridgehead atoms. The van der Waals surface area contributed by atoms with Crippen molar-refractivity contribution in [3.63, 3.8) is 0 Å². The maximum Gasteiger partial charge on any atom is 1.00 e. The van der Waals surface area contributed by atoms with E-state index in [1.165, 1.54) is 24.3 Å². The average molecular weight is 304 g/mol. The van der Waals surface area contributed by atoms with Gasteiger partial charge in [-0.25, -0.2) is 0 Å². The average Bonchev–Trinajstić information content (AvgIpc) is 2.43. The summed E-state index contributed by atoms with van der Waals surface area (Å²) in [5, 5.41) is 21.8. The zero-order chi connectivity index (χ0) is 13.5. The van der Waals surface area contributed by atoms with Crippen molar-refractivity contribution in [1.29, 1.82) is 0 Å². The molecule has 6 heteroatoms. The summed E-state index contributed by atoms with van der Waals surface area (Å²) in [5.74, 6) is 1.29. The molecule has 0 fully saturated rings. The second-order valence-electron chi connectivity index (χ2n) is 3.99. The van der Waals surface area contributed by atoms with Gasteiger partial charge in [-0.1, -0.05) is 24.3 Å². The molecule has 0 saturated heterocycles. The van der Waals surface area contributed by atoms with E-state index in [0.717, 1.165) is 6.42 Å². The van der Waals surface area contributed by atoms with Crippen LogP contribution in [0.2, 0.25) is 0 Å². The number of benzene rings is 2. The predicted octanol–water partition coefficient (Wildman–Crippen LogP) is -4.31. The summed E-state index contributed by atoms with van der Waals surface area (Å²) in [6.45, 7) is 1.02. The van der Waals surface area contributed by atoms with E-state index in [-0.39, 0.29) is 70.6 Å². The van der Waals surface area contributed by atoms with Crippen LogP contribution in [0.1, 0.15) is 6.42 Å². The van der Waals surface area contributed by atoms with Crippen LogP contribution in [0.3, 0.4) is 0 Å². The molecule has 21 heavy (non-hydrogen) atoms. The Labute approximate surface area is 168 Å². The molecule has 0 aliphatic heterocycles. The molecule has 0 amide bonds. The minimum absolute atomic E-state index is 0. The summed E-state index contributed by atoms with van der Waals surface area (Å²) in [5.41, 5.74) is 0. The molecule has 0 aromatic heterocycles. The van der Waals surface area contributed by atoms with Gasteiger partial charge in [0, 0.05) is 6.42 Å². The Bertz CT molecular complexity index is 453. The molecular weight excluding hydrogens is 290 g/mol. The van der Waals surface area contributed by atoms with Crippen LogP contribution in [0.25, 0.3) is 0 Å². The van der Waals surface area contributed by atoms with E-state index in [4.69, 9.17) is 9.47 Å². The molecular formula is C15H14Na2O4. The van der Waals surface area contributed by atoms with Crippen molar-refractivity contribution in [3.8, 4) is 23.0 Å². The van der Waals surface area contributed by atoms with Crippen molar-refractivity contribution in [3.05, 3.63) is 48.5 Å². The monoisotopic (exact) mass is 304 g/mol. The van der Waals surface area contributed by atoms with Crippen LogP contribution in [0.15, 0.2) is 48.5 Å². The third-order valence-corrected chi connectivity index (χ3v) is 2.47. The molecule has 0 aliphatic carbocycles. The minimum atomic E-state index is -0.0301. The van der Waals surface area contributed by atoms with Gasteiger partial charge in [0.15, 0.2) is 0 Å². The van der Waals surface area contributed by atoms with Gasteiger partial charge in [-0.2, -0.15) is 0 Å². The molecule has 0 radical (unpaired) electrons. The molecule has 0 unspecified atom stereocenters. The van der Waals surface area contributed by atoms with Crippen molar-refractivity contribution >= 4 is 0 Å². The fraction of sp³-hybridized carbons (Fsp3) is 0.200. The quantitative estimate of drug-likeness (QED) is 0.400. The van der Waals surface area contributed by atoms with Gasteiger partial charge < -0.3 is 19.7 Å². The maximum absolute atomic E-state index is 10.9. The number of rotatable bonds is 6. The van der Waals surface area contributed by atoms with Crippen molar-refractivity contribution in [2.24, 2.45) is 0 Å². The molecule has 100 valence electrons. The summed E-state index contributed by atoms with van der Waals surface area (Å²) in [4.78, 5) is 0. The Balaban J connectivity index is 0.00000200. The summed E-state index contributed by atoms with van der Waals surface area (Å²) in [6, 6.07) is 12.5. The molecule has 0 heterocycles. The fourth-order valence-electron chi connectivity index (χ4n) is 1.51. The Morgan fingerprint density at radius 2 is 0.952 bits per heavy atom. The van der Waals surface area contributed by atoms with Gasteiger partial charge in [-0.3, -0.25) is 0 Å². The first-order valence-corrected chi connectivity index (χ1v) is 6.04. The Morgan fingerprint density at radius 1 is 0.619 bits per heavy atom. The molecule has 4 nitrogen and oxygen atoms in total. The van der Waals surface area contributed by atoms with Crippen LogP contribution in [0.4, 0.5) is 0 Å². The number of hydrogen-bond acceptors (Lipinski definition) is 4. The van der Waals surface area contributed by atoms with Crippen LogP contribution >= 0.6 is 0 Å². The third-order valence-electron chi connectivity index (χ3n) is 2.47. The van der Waals surface area contributed by atoms with E-state index < -0.39 is 0 Å². The SMILES string of the molecule is [Na+].[Na+].[O-]c1ccc(OCCCOc2ccc([O-])cc2)cc1. The molecule has 0 N–H and O–H groups in total. The predicted molar refractivity (Wildman–Crippen MR) is 67.4 cm³/mol. The maximum atomic E-state index is 10.9. The minimum Gasteiger partial charge on any atom is -0.872 e. The molecule has 2 aromatic carbocycles. The topological polar surface area (TPSA) is 64.6 Å². The van der Waals surface area contributed by atoms with Gasteiger partial charge in [-0.05, 0) is 24.3 Å². The van der Waals surface area contributed by atoms with Crippen LogP contribution in [0.5, 0.6) is 23.0 Å². The Kier molecular flexibility index (Phi) is 11.0. The summed E-state index contributed by atoms with van der Waals surface area (Å²) < 4.78 is 10.9. The second-order valence-corrected chi connectivity index (χ2v) is 3.99. The van der Waals surface area contributed by atoms with Crippen LogP contribution in [0, 0.1) is 0 Å². The molecule has 0 saturated carbocycles. The standard InChI is InChI=1S/C15H16O4.2Na/c16-12-2-6-14(7-3-12)18-10-1-11-19-15-8-4-13(17)5-9-15;;/h2-9,16-17H,1,10-11H2;;/q;2*+1/p-2. The van der Waals surface area contributed by atoms with Gasteiger partial charge >= 0.3 is 59.1 Å². The van der Waals surface area contributed by atoms with Crippen molar-refractivity contribution in [2.75, 3.05) is 13.2 Å². The Morgan fingerprint density at radius 3 is 1.29 bits per heavy atom. The van der Waals surface area contributed by atoms with E-state index in [2.05, 4.69) is 0 Å². The molecule has 0 atom stereocenters. The van der Waals surface area contributed by atoms with Crippen molar-refractivity contribution in [1.82, 2.24) is 0 Å². The van der Waals surface area contributed by atoms with Crippen LogP contribution in [-0.2, 0) is 0 Å². The van der Waals surface area contributed by atoms with Crippen molar-refractivity contribution < 1.29 is 78.8 Å². The van der Waals surface area contributed by atoms with E-state index in [1.54, 1.807) is 24.3 Å². The fourth-order valence-corrected chi connectivity index (χ4v) is 1.51. The molecule has 2 rings (SSSR count). The summed E-state index contributed by atoms with van der Waals surface area (Å²) in [7, 11) is 0. The van der Waals surface area contributed by atoms with Gasteiger partial charge in [0.2, 0.25) is 0 Å². The zero-order valence-electron chi connectivity index (χ0n) is 12.4. The van der Waals surface area contributed by atoms with E-state index in [0.29, 0.717) is 24.7 Å². The van der Waals surface area contributed by atoms with E-state index in [9.17, 15) is 10.2 Å². The van der Waals surface area contributed by atoms with Gasteiger partial charge in [-0.15, -0.1) is 11.5 Å². The largest absolute Gasteiger partial charge is 1.00 e. The number of hydrogen-bond donors (Lipinski definition) is 0. The number of ether oxygens (including phenoxy) is 2. The van der Waals surface area contributed by atoms with E-state index >= 15 is 0 Å². The molecule has 2 aromatic rings. The second kappa shape index (κ2) is 11.2. The van der Waals surface area contributed by atoms with E-state index in [1.807, 2.05) is 0 Å². The third kappa shape index (κ3) is 8.00. The van der Waals surface area contributed by atoms with Crippen molar-refractivity contribution in [2.45, 2.75) is 6.42 Å². The van der Waals surface area contributed by atoms with Crippen LogP contribution in [-0.4, -0.2) is 13.2 Å². The molecule has 0 spiro atoms. The Hall–Kier alpha value is -0.360. The summed E-state index contributed by atoms with van der Waals surface area (Å²) in [6.07, 6.45) is 0.720. The van der Waals surface area contributed by atoms with Gasteiger partial charge in [0.25, 0.3) is 0 Å². The zero-order valence-corrected chi connectivity index (χ0v) is 16.4. The van der Waals surface area contributed by atoms with Gasteiger partial charge in [0.05, 0.1) is 13.2 Å². The van der Waals surface area contributed by atoms with Crippen LogP contribution < -0.4 is 78.8 Å². The first kappa shape index (κ1) is 20.6. The first-order valence-electron chi connectivity index (χ1n) is 6.04. The normalized spacial score (nSPS) is 9.14. The first-order chi connectivity index (χ1) is 9.24. The summed E-state index contributed by atoms with van der Waals surface area (Å²) >= 11 is 0. The van der Waals surface area contributed by atoms with Gasteiger partial charge in [0.1, 0.15) is 11.5 Å². The molecule has 0 aliphatic rings.